The Kier molecular flexibility index (Phi) is 15.1. The Balaban J connectivity index is 2.43. The third-order valence-corrected chi connectivity index (χ3v) is 7.49. The molecule has 0 aromatic rings. The van der Waals surface area contributed by atoms with E-state index in [-0.39, 0.29) is 18.1 Å². The van der Waals surface area contributed by atoms with Crippen LogP contribution in [0.2, 0.25) is 0 Å². The van der Waals surface area contributed by atoms with Crippen molar-refractivity contribution in [3.8, 4) is 0 Å². The number of ether oxygens (including phenoxy) is 1. The first-order chi connectivity index (χ1) is 14.4. The van der Waals surface area contributed by atoms with E-state index in [1.54, 1.807) is 0 Å². The number of unbranched alkanes of at least 4 members (excludes halogenated alkanes) is 5. The van der Waals surface area contributed by atoms with Crippen molar-refractivity contribution in [1.82, 2.24) is 0 Å². The summed E-state index contributed by atoms with van der Waals surface area (Å²) in [4.78, 5) is 0. The fourth-order valence-electron chi connectivity index (χ4n) is 4.98. The highest BCUT2D eigenvalue weighted by Crippen LogP contribution is 2.35. The maximum Gasteiger partial charge on any atom is 0.0815 e. The second kappa shape index (κ2) is 16.3. The number of rotatable bonds is 17. The highest BCUT2D eigenvalue weighted by atomic mass is 16.5. The molecule has 0 bridgehead atoms. The van der Waals surface area contributed by atoms with E-state index in [2.05, 4.69) is 47.6 Å². The zero-order valence-corrected chi connectivity index (χ0v) is 21.3. The molecule has 0 saturated carbocycles. The number of hydrogen-bond donors (Lipinski definition) is 1. The summed E-state index contributed by atoms with van der Waals surface area (Å²) in [5.41, 5.74) is 1.37. The van der Waals surface area contributed by atoms with Gasteiger partial charge in [-0.3, -0.25) is 0 Å². The SMILES string of the molecule is CCCCCCCCOC1C(CCC(C)CCCC(C)CCC)=CC(O)C(C)C1C. The second-order valence-electron chi connectivity index (χ2n) is 10.5. The maximum absolute atomic E-state index is 10.5. The van der Waals surface area contributed by atoms with E-state index in [4.69, 9.17) is 4.74 Å². The largest absolute Gasteiger partial charge is 0.389 e. The van der Waals surface area contributed by atoms with Gasteiger partial charge in [0.05, 0.1) is 12.2 Å². The molecule has 178 valence electrons. The van der Waals surface area contributed by atoms with Crippen LogP contribution in [0.4, 0.5) is 0 Å². The molecule has 1 aliphatic rings. The van der Waals surface area contributed by atoms with Crippen molar-refractivity contribution in [3.63, 3.8) is 0 Å². The van der Waals surface area contributed by atoms with Gasteiger partial charge in [0, 0.05) is 6.61 Å². The van der Waals surface area contributed by atoms with Crippen LogP contribution in [0.25, 0.3) is 0 Å². The van der Waals surface area contributed by atoms with Crippen LogP contribution in [0, 0.1) is 23.7 Å². The summed E-state index contributed by atoms with van der Waals surface area (Å²) in [6.07, 6.45) is 18.9. The van der Waals surface area contributed by atoms with E-state index < -0.39 is 0 Å². The van der Waals surface area contributed by atoms with Gasteiger partial charge in [0.15, 0.2) is 0 Å². The standard InChI is InChI=1S/C28H54O2/c1-7-9-10-11-12-13-20-30-28-25(6)24(5)27(29)21-26(28)19-18-23(4)17-14-16-22(3)15-8-2/h21-25,27-29H,7-20H2,1-6H3. The quantitative estimate of drug-likeness (QED) is 0.188. The molecule has 0 aliphatic heterocycles. The molecule has 2 heteroatoms. The van der Waals surface area contributed by atoms with Gasteiger partial charge in [-0.15, -0.1) is 0 Å². The van der Waals surface area contributed by atoms with E-state index in [1.807, 2.05) is 0 Å². The smallest absolute Gasteiger partial charge is 0.0815 e. The lowest BCUT2D eigenvalue weighted by molar-refractivity contribution is -0.0127. The number of hydrogen-bond acceptors (Lipinski definition) is 2. The molecular weight excluding hydrogens is 368 g/mol. The van der Waals surface area contributed by atoms with Gasteiger partial charge >= 0.3 is 0 Å². The van der Waals surface area contributed by atoms with Crippen LogP contribution < -0.4 is 0 Å². The molecule has 0 aromatic heterocycles. The minimum absolute atomic E-state index is 0.204. The van der Waals surface area contributed by atoms with Crippen LogP contribution in [-0.4, -0.2) is 23.9 Å². The molecule has 0 radical (unpaired) electrons. The van der Waals surface area contributed by atoms with Crippen LogP contribution in [0.5, 0.6) is 0 Å². The molecular formula is C28H54O2. The first-order valence-corrected chi connectivity index (χ1v) is 13.4. The minimum atomic E-state index is -0.311. The third-order valence-electron chi connectivity index (χ3n) is 7.49. The molecule has 1 aliphatic carbocycles. The van der Waals surface area contributed by atoms with Gasteiger partial charge in [-0.25, -0.2) is 0 Å². The summed E-state index contributed by atoms with van der Waals surface area (Å²) >= 11 is 0. The monoisotopic (exact) mass is 422 g/mol. The molecule has 0 saturated heterocycles. The Bertz CT molecular complexity index is 444. The van der Waals surface area contributed by atoms with E-state index in [9.17, 15) is 5.11 Å². The summed E-state index contributed by atoms with van der Waals surface area (Å²) in [5, 5.41) is 10.5. The van der Waals surface area contributed by atoms with Gasteiger partial charge in [-0.2, -0.15) is 0 Å². The van der Waals surface area contributed by atoms with Gasteiger partial charge in [0.25, 0.3) is 0 Å². The Morgan fingerprint density at radius 1 is 0.800 bits per heavy atom. The molecule has 0 fully saturated rings. The average molecular weight is 423 g/mol. The van der Waals surface area contributed by atoms with Crippen molar-refractivity contribution in [2.45, 2.75) is 137 Å². The summed E-state index contributed by atoms with van der Waals surface area (Å²) in [5.74, 6) is 2.30. The predicted octanol–water partition coefficient (Wildman–Crippen LogP) is 8.33. The van der Waals surface area contributed by atoms with Crippen molar-refractivity contribution in [2.24, 2.45) is 23.7 Å². The molecule has 1 rings (SSSR count). The molecule has 1 N–H and O–H groups in total. The van der Waals surface area contributed by atoms with Crippen LogP contribution in [0.1, 0.15) is 125 Å². The molecule has 0 amide bonds. The lowest BCUT2D eigenvalue weighted by Crippen LogP contribution is -2.39. The van der Waals surface area contributed by atoms with Crippen molar-refractivity contribution in [2.75, 3.05) is 6.61 Å². The number of aliphatic hydroxyl groups is 1. The van der Waals surface area contributed by atoms with Crippen LogP contribution in [0.3, 0.4) is 0 Å². The molecule has 6 atom stereocenters. The van der Waals surface area contributed by atoms with Gasteiger partial charge in [-0.05, 0) is 48.5 Å². The summed E-state index contributed by atoms with van der Waals surface area (Å²) in [6, 6.07) is 0. The topological polar surface area (TPSA) is 29.5 Å². The summed E-state index contributed by atoms with van der Waals surface area (Å²) in [7, 11) is 0. The Hall–Kier alpha value is -0.340. The van der Waals surface area contributed by atoms with E-state index in [0.29, 0.717) is 5.92 Å². The predicted molar refractivity (Wildman–Crippen MR) is 132 cm³/mol. The zero-order valence-electron chi connectivity index (χ0n) is 21.3. The molecule has 6 unspecified atom stereocenters. The average Bonchev–Trinajstić information content (AvgIpc) is 2.71. The highest BCUT2D eigenvalue weighted by Gasteiger charge is 2.34. The van der Waals surface area contributed by atoms with Gasteiger partial charge in [-0.1, -0.05) is 112 Å². The van der Waals surface area contributed by atoms with Crippen LogP contribution in [-0.2, 0) is 4.74 Å². The summed E-state index contributed by atoms with van der Waals surface area (Å²) in [6.45, 7) is 14.7. The normalized spacial score (nSPS) is 26.4. The van der Waals surface area contributed by atoms with E-state index in [0.717, 1.165) is 24.9 Å². The summed E-state index contributed by atoms with van der Waals surface area (Å²) < 4.78 is 6.43. The van der Waals surface area contributed by atoms with E-state index >= 15 is 0 Å². The second-order valence-corrected chi connectivity index (χ2v) is 10.5. The van der Waals surface area contributed by atoms with E-state index in [1.165, 1.54) is 82.6 Å². The fourth-order valence-corrected chi connectivity index (χ4v) is 4.98. The third kappa shape index (κ3) is 10.8. The maximum atomic E-state index is 10.5. The highest BCUT2D eigenvalue weighted by molar-refractivity contribution is 5.18. The fraction of sp³-hybridized carbons (Fsp3) is 0.929. The van der Waals surface area contributed by atoms with Crippen LogP contribution >= 0.6 is 0 Å². The first kappa shape index (κ1) is 27.7. The minimum Gasteiger partial charge on any atom is -0.389 e. The molecule has 0 spiro atoms. The van der Waals surface area contributed by atoms with Crippen molar-refractivity contribution in [1.29, 1.82) is 0 Å². The first-order valence-electron chi connectivity index (χ1n) is 13.4. The lowest BCUT2D eigenvalue weighted by Gasteiger charge is -2.38. The van der Waals surface area contributed by atoms with Crippen LogP contribution in [0.15, 0.2) is 11.6 Å². The number of aliphatic hydroxyl groups excluding tert-OH is 1. The Morgan fingerprint density at radius 2 is 1.43 bits per heavy atom. The lowest BCUT2D eigenvalue weighted by atomic mass is 9.76. The van der Waals surface area contributed by atoms with Gasteiger partial charge in [0.1, 0.15) is 0 Å². The van der Waals surface area contributed by atoms with Crippen molar-refractivity contribution < 1.29 is 9.84 Å². The van der Waals surface area contributed by atoms with Gasteiger partial charge < -0.3 is 9.84 Å². The molecule has 0 heterocycles. The molecule has 2 nitrogen and oxygen atoms in total. The Morgan fingerprint density at radius 3 is 2.10 bits per heavy atom. The zero-order chi connectivity index (χ0) is 22.4. The molecule has 30 heavy (non-hydrogen) atoms. The van der Waals surface area contributed by atoms with Crippen molar-refractivity contribution >= 4 is 0 Å². The molecule has 0 aromatic carbocycles. The van der Waals surface area contributed by atoms with Gasteiger partial charge in [0.2, 0.25) is 0 Å². The van der Waals surface area contributed by atoms with Crippen molar-refractivity contribution in [3.05, 3.63) is 11.6 Å². The Labute approximate surface area is 189 Å².